The third-order valence-electron chi connectivity index (χ3n) is 7.89. The minimum absolute atomic E-state index is 0.173. The predicted octanol–water partition coefficient (Wildman–Crippen LogP) is 2.97. The van der Waals surface area contributed by atoms with Crippen LogP contribution >= 0.6 is 11.3 Å². The second-order valence-electron chi connectivity index (χ2n) is 11.3. The van der Waals surface area contributed by atoms with Gasteiger partial charge in [-0.3, -0.25) is 0 Å². The van der Waals surface area contributed by atoms with Gasteiger partial charge >= 0.3 is 0 Å². The number of carbonyl (C=O) groups is 1. The second-order valence-corrected chi connectivity index (χ2v) is 12.2. The van der Waals surface area contributed by atoms with Gasteiger partial charge in [0.2, 0.25) is 5.95 Å². The van der Waals surface area contributed by atoms with E-state index < -0.39 is 12.0 Å². The highest BCUT2D eigenvalue weighted by molar-refractivity contribution is 7.21. The number of pyridine rings is 1. The number of aliphatic hydroxyl groups is 1. The van der Waals surface area contributed by atoms with Crippen molar-refractivity contribution >= 4 is 44.6 Å². The van der Waals surface area contributed by atoms with Gasteiger partial charge in [-0.15, -0.1) is 0 Å². The zero-order valence-electron chi connectivity index (χ0n) is 21.6. The number of thiazole rings is 1. The van der Waals surface area contributed by atoms with E-state index >= 15 is 0 Å². The molecular weight excluding hydrogens is 490 g/mol. The second kappa shape index (κ2) is 10.1. The molecule has 11 heteroatoms. The minimum Gasteiger partial charge on any atom is -0.544 e. The van der Waals surface area contributed by atoms with Crippen molar-refractivity contribution in [2.75, 3.05) is 17.2 Å². The van der Waals surface area contributed by atoms with Crippen LogP contribution in [-0.4, -0.2) is 65.8 Å². The summed E-state index contributed by atoms with van der Waals surface area (Å²) in [6, 6.07) is 5.26. The van der Waals surface area contributed by atoms with Crippen LogP contribution < -0.4 is 15.7 Å². The topological polar surface area (TPSA) is 136 Å². The van der Waals surface area contributed by atoms with Crippen molar-refractivity contribution in [3.63, 3.8) is 0 Å². The van der Waals surface area contributed by atoms with Crippen LogP contribution in [0.4, 0.5) is 16.9 Å². The molecule has 5 rings (SSSR count). The number of aliphatic carboxylic acids is 1. The fourth-order valence-corrected chi connectivity index (χ4v) is 6.67. The van der Waals surface area contributed by atoms with E-state index in [9.17, 15) is 15.0 Å². The third-order valence-corrected chi connectivity index (χ3v) is 8.79. The Morgan fingerprint density at radius 3 is 2.68 bits per heavy atom. The van der Waals surface area contributed by atoms with Crippen molar-refractivity contribution in [2.24, 2.45) is 0 Å². The molecular formula is C26H35N7O3S. The number of carboxylic acid groups (broad SMARTS) is 1. The first-order chi connectivity index (χ1) is 17.6. The average molecular weight is 526 g/mol. The standard InChI is InChI=1S/C26H35N7O3S/c1-26(2,3)33(13-5-7-20(33)23(35)36)15-17-14-21(32-25-30-19-6-4-12-27-22(19)37-25)31-24(29-17)28-16-8-10-18(34)11-9-16/h4,6,12,14,16,18,20,34H,5,7-11,13,15H2,1-3H3,(H2-,28,29,30,31,32,35,36)/t16-,18-,20-,33?/m0/s1. The van der Waals surface area contributed by atoms with Crippen LogP contribution in [0.15, 0.2) is 24.4 Å². The first-order valence-corrected chi connectivity index (χ1v) is 13.8. The van der Waals surface area contributed by atoms with Crippen molar-refractivity contribution in [2.45, 2.75) is 89.6 Å². The summed E-state index contributed by atoms with van der Waals surface area (Å²) in [5.74, 6) is 0.0939. The number of anilines is 3. The lowest BCUT2D eigenvalue weighted by molar-refractivity contribution is -0.987. The summed E-state index contributed by atoms with van der Waals surface area (Å²) in [6.07, 6.45) is 6.12. The molecule has 1 unspecified atom stereocenters. The molecule has 3 N–H and O–H groups in total. The molecule has 4 heterocycles. The summed E-state index contributed by atoms with van der Waals surface area (Å²) >= 11 is 1.45. The lowest BCUT2D eigenvalue weighted by Gasteiger charge is -2.50. The molecule has 10 nitrogen and oxygen atoms in total. The summed E-state index contributed by atoms with van der Waals surface area (Å²) in [5.41, 5.74) is 1.26. The van der Waals surface area contributed by atoms with E-state index in [1.807, 2.05) is 18.2 Å². The van der Waals surface area contributed by atoms with Gasteiger partial charge in [0.05, 0.1) is 24.2 Å². The minimum atomic E-state index is -0.999. The Bertz CT molecular complexity index is 1240. The Labute approximate surface area is 220 Å². The van der Waals surface area contributed by atoms with Crippen molar-refractivity contribution in [3.05, 3.63) is 30.1 Å². The Hall–Kier alpha value is -2.89. The van der Waals surface area contributed by atoms with E-state index in [-0.39, 0.29) is 17.7 Å². The maximum atomic E-state index is 12.2. The summed E-state index contributed by atoms with van der Waals surface area (Å²) in [7, 11) is 0. The summed E-state index contributed by atoms with van der Waals surface area (Å²) in [4.78, 5) is 31.6. The van der Waals surface area contributed by atoms with Crippen LogP contribution in [-0.2, 0) is 11.3 Å². The molecule has 0 bridgehead atoms. The number of nitrogens with zero attached hydrogens (tertiary/aromatic N) is 5. The molecule has 1 aliphatic carbocycles. The summed E-state index contributed by atoms with van der Waals surface area (Å²) in [6.45, 7) is 7.49. The maximum Gasteiger partial charge on any atom is 0.225 e. The number of aliphatic hydroxyl groups excluding tert-OH is 1. The van der Waals surface area contributed by atoms with Gasteiger partial charge in [0.1, 0.15) is 34.4 Å². The molecule has 1 aliphatic heterocycles. The molecule has 1 saturated carbocycles. The van der Waals surface area contributed by atoms with E-state index in [0.29, 0.717) is 34.3 Å². The molecule has 0 amide bonds. The SMILES string of the molecule is CC(C)(C)[N+]1(Cc2cc(Nc3nc4cccnc4s3)nc(N[C@H]3CC[C@H](O)CC3)n2)CCC[C@H]1C(=O)[O-]. The molecule has 37 heavy (non-hydrogen) atoms. The number of fused-ring (bicyclic) bond motifs is 1. The molecule has 0 spiro atoms. The number of hydrogen-bond acceptors (Lipinski definition) is 10. The molecule has 1 saturated heterocycles. The molecule has 3 aromatic heterocycles. The van der Waals surface area contributed by atoms with Gasteiger partial charge in [-0.1, -0.05) is 11.3 Å². The number of carboxylic acids is 1. The maximum absolute atomic E-state index is 12.2. The summed E-state index contributed by atoms with van der Waals surface area (Å²) < 4.78 is 0.381. The van der Waals surface area contributed by atoms with Gasteiger partial charge in [0.25, 0.3) is 0 Å². The lowest BCUT2D eigenvalue weighted by atomic mass is 9.93. The lowest BCUT2D eigenvalue weighted by Crippen LogP contribution is -2.66. The van der Waals surface area contributed by atoms with Crippen LogP contribution in [0.2, 0.25) is 0 Å². The van der Waals surface area contributed by atoms with Crippen molar-refractivity contribution < 1.29 is 19.5 Å². The number of aromatic nitrogens is 4. The third kappa shape index (κ3) is 5.39. The fraction of sp³-hybridized carbons (Fsp3) is 0.577. The molecule has 0 aromatic carbocycles. The van der Waals surface area contributed by atoms with E-state index in [1.54, 1.807) is 6.20 Å². The summed E-state index contributed by atoms with van der Waals surface area (Å²) in [5, 5.41) is 29.6. The van der Waals surface area contributed by atoms with E-state index in [4.69, 9.17) is 9.97 Å². The van der Waals surface area contributed by atoms with Crippen molar-refractivity contribution in [1.82, 2.24) is 19.9 Å². The van der Waals surface area contributed by atoms with Gasteiger partial charge in [-0.25, -0.2) is 15.0 Å². The number of likely N-dealkylation sites (tertiary alicyclic amines) is 1. The van der Waals surface area contributed by atoms with Gasteiger partial charge in [-0.05, 0) is 58.6 Å². The van der Waals surface area contributed by atoms with Crippen LogP contribution in [0.3, 0.4) is 0 Å². The van der Waals surface area contributed by atoms with Crippen LogP contribution in [0.1, 0.15) is 65.0 Å². The zero-order valence-corrected chi connectivity index (χ0v) is 22.4. The molecule has 2 atom stereocenters. The predicted molar refractivity (Wildman–Crippen MR) is 141 cm³/mol. The van der Waals surface area contributed by atoms with E-state index in [2.05, 4.69) is 41.4 Å². The first-order valence-electron chi connectivity index (χ1n) is 13.0. The highest BCUT2D eigenvalue weighted by atomic mass is 32.1. The molecule has 2 fully saturated rings. The van der Waals surface area contributed by atoms with E-state index in [0.717, 1.165) is 54.7 Å². The molecule has 0 radical (unpaired) electrons. The number of nitrogens with one attached hydrogen (secondary N) is 2. The molecule has 3 aromatic rings. The van der Waals surface area contributed by atoms with Crippen LogP contribution in [0.25, 0.3) is 10.3 Å². The molecule has 198 valence electrons. The fourth-order valence-electron chi connectivity index (χ4n) is 5.85. The highest BCUT2D eigenvalue weighted by Gasteiger charge is 2.51. The van der Waals surface area contributed by atoms with Crippen molar-refractivity contribution in [1.29, 1.82) is 0 Å². The van der Waals surface area contributed by atoms with Crippen molar-refractivity contribution in [3.8, 4) is 0 Å². The number of rotatable bonds is 7. The van der Waals surface area contributed by atoms with Gasteiger partial charge in [-0.2, -0.15) is 4.98 Å². The van der Waals surface area contributed by atoms with Gasteiger partial charge in [0, 0.05) is 31.1 Å². The number of carbonyl (C=O) groups excluding carboxylic acids is 1. The number of hydrogen-bond donors (Lipinski definition) is 3. The highest BCUT2D eigenvalue weighted by Crippen LogP contribution is 2.39. The number of quaternary nitrogens is 1. The smallest absolute Gasteiger partial charge is 0.225 e. The average Bonchev–Trinajstić information content (AvgIpc) is 3.44. The Morgan fingerprint density at radius 1 is 1.19 bits per heavy atom. The van der Waals surface area contributed by atoms with Crippen LogP contribution in [0, 0.1) is 0 Å². The quantitative estimate of drug-likeness (QED) is 0.398. The Morgan fingerprint density at radius 2 is 1.97 bits per heavy atom. The normalized spacial score (nSPS) is 26.3. The molecule has 2 aliphatic rings. The van der Waals surface area contributed by atoms with Crippen LogP contribution in [0.5, 0.6) is 0 Å². The Kier molecular flexibility index (Phi) is 7.03. The monoisotopic (exact) mass is 525 g/mol. The largest absolute Gasteiger partial charge is 0.544 e. The zero-order chi connectivity index (χ0) is 26.2. The van der Waals surface area contributed by atoms with Gasteiger partial charge < -0.3 is 30.1 Å². The first kappa shape index (κ1) is 25.7. The Balaban J connectivity index is 1.49. The van der Waals surface area contributed by atoms with E-state index in [1.165, 1.54) is 11.3 Å². The van der Waals surface area contributed by atoms with Gasteiger partial charge in [0.15, 0.2) is 5.13 Å².